The maximum absolute atomic E-state index is 15.3. The number of benzene rings is 2. The van der Waals surface area contributed by atoms with Crippen LogP contribution in [0.3, 0.4) is 0 Å². The predicted molar refractivity (Wildman–Crippen MR) is 96.1 cm³/mol. The van der Waals surface area contributed by atoms with Crippen molar-refractivity contribution in [2.75, 3.05) is 14.2 Å². The molecule has 1 heterocycles. The van der Waals surface area contributed by atoms with Crippen LogP contribution in [0.5, 0.6) is 5.75 Å². The number of halogens is 2. The third-order valence-corrected chi connectivity index (χ3v) is 4.20. The van der Waals surface area contributed by atoms with Crippen LogP contribution < -0.4 is 4.74 Å². The fraction of sp³-hybridized carbons (Fsp3) is 0.158. The van der Waals surface area contributed by atoms with E-state index in [1.807, 2.05) is 0 Å². The van der Waals surface area contributed by atoms with Gasteiger partial charge in [-0.2, -0.15) is 0 Å². The van der Waals surface area contributed by atoms with Gasteiger partial charge in [0, 0.05) is 10.6 Å². The number of esters is 1. The normalized spacial score (nSPS) is 10.6. The molecule has 1 aromatic heterocycles. The first kappa shape index (κ1) is 17.9. The number of imidazole rings is 1. The quantitative estimate of drug-likeness (QED) is 0.628. The molecule has 26 heavy (non-hydrogen) atoms. The van der Waals surface area contributed by atoms with Crippen molar-refractivity contribution in [3.8, 4) is 16.9 Å². The third-order valence-electron chi connectivity index (χ3n) is 3.96. The molecule has 0 N–H and O–H groups in total. The Morgan fingerprint density at radius 2 is 2.08 bits per heavy atom. The molecule has 3 aromatic rings. The fourth-order valence-electron chi connectivity index (χ4n) is 2.71. The Morgan fingerprint density at radius 3 is 2.77 bits per heavy atom. The highest BCUT2D eigenvalue weighted by atomic mass is 35.5. The third kappa shape index (κ3) is 3.41. The number of hydrogen-bond acceptors (Lipinski definition) is 4. The van der Waals surface area contributed by atoms with E-state index in [4.69, 9.17) is 21.1 Å². The summed E-state index contributed by atoms with van der Waals surface area (Å²) in [5, 5.41) is 0.497. The van der Waals surface area contributed by atoms with E-state index in [2.05, 4.69) is 4.98 Å². The van der Waals surface area contributed by atoms with Crippen LogP contribution in [0.25, 0.3) is 11.1 Å². The first-order valence-electron chi connectivity index (χ1n) is 7.75. The summed E-state index contributed by atoms with van der Waals surface area (Å²) in [6.45, 7) is 0.119. The Balaban J connectivity index is 2.06. The second kappa shape index (κ2) is 7.58. The molecule has 2 aromatic carbocycles. The van der Waals surface area contributed by atoms with Gasteiger partial charge in [0.05, 0.1) is 38.9 Å². The average molecular weight is 375 g/mol. The van der Waals surface area contributed by atoms with Gasteiger partial charge in [-0.25, -0.2) is 14.2 Å². The van der Waals surface area contributed by atoms with Crippen molar-refractivity contribution >= 4 is 17.6 Å². The van der Waals surface area contributed by atoms with Crippen molar-refractivity contribution in [1.82, 2.24) is 9.55 Å². The van der Waals surface area contributed by atoms with Crippen LogP contribution in [-0.4, -0.2) is 29.7 Å². The van der Waals surface area contributed by atoms with Crippen LogP contribution in [0.15, 0.2) is 48.9 Å². The number of aromatic nitrogens is 2. The monoisotopic (exact) mass is 374 g/mol. The van der Waals surface area contributed by atoms with Crippen molar-refractivity contribution in [1.29, 1.82) is 0 Å². The molecule has 0 fully saturated rings. The van der Waals surface area contributed by atoms with Gasteiger partial charge in [-0.3, -0.25) is 0 Å². The molecule has 5 nitrogen and oxygen atoms in total. The molecule has 0 aliphatic rings. The van der Waals surface area contributed by atoms with Crippen molar-refractivity contribution in [3.05, 3.63) is 71.0 Å². The highest BCUT2D eigenvalue weighted by molar-refractivity contribution is 6.30. The van der Waals surface area contributed by atoms with Crippen molar-refractivity contribution < 1.29 is 18.7 Å². The molecule has 0 unspecified atom stereocenters. The number of ether oxygens (including phenoxy) is 2. The van der Waals surface area contributed by atoms with Gasteiger partial charge in [-0.1, -0.05) is 29.8 Å². The lowest BCUT2D eigenvalue weighted by molar-refractivity contribution is 0.0589. The van der Waals surface area contributed by atoms with Crippen molar-refractivity contribution in [2.45, 2.75) is 6.54 Å². The zero-order valence-corrected chi connectivity index (χ0v) is 15.0. The van der Waals surface area contributed by atoms with Crippen molar-refractivity contribution in [3.63, 3.8) is 0 Å². The van der Waals surface area contributed by atoms with E-state index in [0.717, 1.165) is 0 Å². The van der Waals surface area contributed by atoms with Gasteiger partial charge < -0.3 is 14.0 Å². The van der Waals surface area contributed by atoms with E-state index < -0.39 is 11.8 Å². The predicted octanol–water partition coefficient (Wildman–Crippen LogP) is 4.19. The summed E-state index contributed by atoms with van der Waals surface area (Å²) in [5.41, 5.74) is 1.54. The molecule has 0 aliphatic heterocycles. The van der Waals surface area contributed by atoms with E-state index in [9.17, 15) is 4.79 Å². The molecule has 134 valence electrons. The summed E-state index contributed by atoms with van der Waals surface area (Å²) in [7, 11) is 2.76. The van der Waals surface area contributed by atoms with Gasteiger partial charge in [0.1, 0.15) is 17.3 Å². The maximum atomic E-state index is 15.3. The van der Waals surface area contributed by atoms with E-state index in [-0.39, 0.29) is 12.2 Å². The van der Waals surface area contributed by atoms with Gasteiger partial charge in [-0.15, -0.1) is 0 Å². The molecule has 0 saturated carbocycles. The molecule has 3 rings (SSSR count). The minimum atomic E-state index is -0.536. The number of methoxy groups -OCH3 is 2. The topological polar surface area (TPSA) is 53.3 Å². The lowest BCUT2D eigenvalue weighted by Gasteiger charge is -2.14. The Bertz CT molecular complexity index is 956. The van der Waals surface area contributed by atoms with E-state index in [0.29, 0.717) is 27.5 Å². The largest absolute Gasteiger partial charge is 0.496 e. The summed E-state index contributed by atoms with van der Waals surface area (Å²) >= 11 is 6.04. The van der Waals surface area contributed by atoms with E-state index in [1.165, 1.54) is 31.3 Å². The summed E-state index contributed by atoms with van der Waals surface area (Å²) in [6.07, 6.45) is 2.83. The van der Waals surface area contributed by atoms with Gasteiger partial charge in [-0.05, 0) is 23.8 Å². The summed E-state index contributed by atoms with van der Waals surface area (Å²) in [4.78, 5) is 15.7. The molecular weight excluding hydrogens is 359 g/mol. The second-order valence-corrected chi connectivity index (χ2v) is 5.96. The Labute approximate surface area is 155 Å². The fourth-order valence-corrected chi connectivity index (χ4v) is 2.90. The number of hydrogen-bond donors (Lipinski definition) is 0. The van der Waals surface area contributed by atoms with Crippen LogP contribution in [0, 0.1) is 5.82 Å². The molecule has 0 radical (unpaired) electrons. The molecule has 0 saturated heterocycles. The molecule has 0 bridgehead atoms. The number of carbonyl (C=O) groups excluding carboxylic acids is 1. The first-order valence-corrected chi connectivity index (χ1v) is 8.12. The molecule has 7 heteroatoms. The van der Waals surface area contributed by atoms with Gasteiger partial charge >= 0.3 is 5.97 Å². The van der Waals surface area contributed by atoms with Crippen molar-refractivity contribution in [2.24, 2.45) is 0 Å². The zero-order chi connectivity index (χ0) is 18.7. The Morgan fingerprint density at radius 1 is 1.27 bits per heavy atom. The van der Waals surface area contributed by atoms with Gasteiger partial charge in [0.25, 0.3) is 0 Å². The van der Waals surface area contributed by atoms with Gasteiger partial charge in [0.15, 0.2) is 0 Å². The molecule has 0 atom stereocenters. The molecule has 0 amide bonds. The van der Waals surface area contributed by atoms with Crippen LogP contribution >= 0.6 is 11.6 Å². The van der Waals surface area contributed by atoms with Crippen LogP contribution in [0.2, 0.25) is 5.02 Å². The minimum Gasteiger partial charge on any atom is -0.496 e. The van der Waals surface area contributed by atoms with Crippen LogP contribution in [0.4, 0.5) is 4.39 Å². The average Bonchev–Trinajstić information content (AvgIpc) is 3.10. The summed E-state index contributed by atoms with van der Waals surface area (Å²) in [5.74, 6) is -0.588. The minimum absolute atomic E-state index is 0.119. The molecular formula is C19H16ClFN2O3. The lowest BCUT2D eigenvalue weighted by atomic mass is 10.0. The smallest absolute Gasteiger partial charge is 0.356 e. The second-order valence-electron chi connectivity index (χ2n) is 5.52. The number of rotatable bonds is 5. The van der Waals surface area contributed by atoms with Crippen LogP contribution in [0.1, 0.15) is 16.1 Å². The SMILES string of the molecule is COC(=O)c1cncn1Cc1ccc(OC)c(-c2cccc(Cl)c2)c1F. The Hall–Kier alpha value is -2.86. The van der Waals surface area contributed by atoms with Crippen LogP contribution in [-0.2, 0) is 11.3 Å². The Kier molecular flexibility index (Phi) is 5.23. The van der Waals surface area contributed by atoms with Gasteiger partial charge in [0.2, 0.25) is 0 Å². The summed E-state index contributed by atoms with van der Waals surface area (Å²) in [6, 6.07) is 10.2. The lowest BCUT2D eigenvalue weighted by Crippen LogP contribution is -2.12. The first-order chi connectivity index (χ1) is 12.5. The molecule has 0 spiro atoms. The molecule has 0 aliphatic carbocycles. The number of nitrogens with zero attached hydrogens (tertiary/aromatic N) is 2. The van der Waals surface area contributed by atoms with E-state index in [1.54, 1.807) is 36.4 Å². The summed E-state index contributed by atoms with van der Waals surface area (Å²) < 4.78 is 26.8. The highest BCUT2D eigenvalue weighted by Gasteiger charge is 2.19. The number of carbonyl (C=O) groups is 1. The van der Waals surface area contributed by atoms with E-state index >= 15 is 4.39 Å². The maximum Gasteiger partial charge on any atom is 0.356 e. The highest BCUT2D eigenvalue weighted by Crippen LogP contribution is 2.35. The zero-order valence-electron chi connectivity index (χ0n) is 14.2. The standard InChI is InChI=1S/C19H16ClFN2O3/c1-25-16-7-6-13(10-23-11-22-9-15(23)19(24)26-2)18(21)17(16)12-4-3-5-14(20)8-12/h3-9,11H,10H2,1-2H3.